The van der Waals surface area contributed by atoms with Crippen LogP contribution in [-0.2, 0) is 4.79 Å². The highest BCUT2D eigenvalue weighted by atomic mass is 16.1. The van der Waals surface area contributed by atoms with Gasteiger partial charge in [0.05, 0.1) is 6.04 Å². The van der Waals surface area contributed by atoms with Gasteiger partial charge in [-0.2, -0.15) is 0 Å². The number of nitrogens with two attached hydrogens (primary N) is 1. The lowest BCUT2D eigenvalue weighted by Crippen LogP contribution is -2.58. The summed E-state index contributed by atoms with van der Waals surface area (Å²) in [5.41, 5.74) is 6.07. The largest absolute Gasteiger partial charge is 0.368 e. The first-order valence-corrected chi connectivity index (χ1v) is 6.20. The molecule has 0 aromatic carbocycles. The van der Waals surface area contributed by atoms with Crippen LogP contribution < -0.4 is 11.1 Å². The second kappa shape index (κ2) is 2.99. The lowest BCUT2D eigenvalue weighted by molar-refractivity contribution is -0.120. The fourth-order valence-electron chi connectivity index (χ4n) is 3.66. The molecule has 2 saturated heterocycles. The van der Waals surface area contributed by atoms with Gasteiger partial charge in [-0.25, -0.2) is 0 Å². The number of carbonyl (C=O) groups excluding carboxylic acids is 1. The Morgan fingerprint density at radius 2 is 2.19 bits per heavy atom. The standard InChI is InChI=1S/C12H21N3O/c1-11(2)5-15(6-11)7-12-4-8(12)3-9(14-12)10(13)16/h8-9,14H,3-7H2,1-2H3,(H2,13,16). The molecule has 1 aliphatic carbocycles. The minimum absolute atomic E-state index is 0.0759. The van der Waals surface area contributed by atoms with Crippen molar-refractivity contribution in [3.05, 3.63) is 0 Å². The number of fused-ring (bicyclic) bond motifs is 1. The molecule has 3 atom stereocenters. The van der Waals surface area contributed by atoms with E-state index in [2.05, 4.69) is 24.1 Å². The molecule has 0 aromatic rings. The molecule has 0 spiro atoms. The zero-order valence-electron chi connectivity index (χ0n) is 10.1. The maximum Gasteiger partial charge on any atom is 0.234 e. The number of hydrogen-bond donors (Lipinski definition) is 2. The summed E-state index contributed by atoms with van der Waals surface area (Å²) in [5.74, 6) is 0.504. The molecule has 1 amide bonds. The van der Waals surface area contributed by atoms with E-state index in [0.29, 0.717) is 11.3 Å². The third-order valence-electron chi connectivity index (χ3n) is 4.37. The first-order chi connectivity index (χ1) is 7.40. The minimum atomic E-state index is -0.185. The third-order valence-corrected chi connectivity index (χ3v) is 4.37. The van der Waals surface area contributed by atoms with Crippen molar-refractivity contribution in [2.24, 2.45) is 17.1 Å². The van der Waals surface area contributed by atoms with Crippen LogP contribution >= 0.6 is 0 Å². The molecule has 3 unspecified atom stereocenters. The summed E-state index contributed by atoms with van der Waals surface area (Å²) in [6, 6.07) is -0.0759. The molecule has 90 valence electrons. The fourth-order valence-corrected chi connectivity index (χ4v) is 3.66. The molecule has 2 aliphatic heterocycles. The molecular weight excluding hydrogens is 202 g/mol. The highest BCUT2D eigenvalue weighted by Gasteiger charge is 2.62. The Labute approximate surface area is 96.5 Å². The predicted molar refractivity (Wildman–Crippen MR) is 61.8 cm³/mol. The van der Waals surface area contributed by atoms with E-state index in [1.165, 1.54) is 19.5 Å². The lowest BCUT2D eigenvalue weighted by atomic mass is 9.84. The smallest absolute Gasteiger partial charge is 0.234 e. The number of hydrogen-bond acceptors (Lipinski definition) is 3. The van der Waals surface area contributed by atoms with Gasteiger partial charge >= 0.3 is 0 Å². The van der Waals surface area contributed by atoms with E-state index in [9.17, 15) is 4.79 Å². The SMILES string of the molecule is CC1(C)CN(CC23CC2CC(C(N)=O)N3)C1. The van der Waals surface area contributed by atoms with Crippen molar-refractivity contribution in [1.29, 1.82) is 0 Å². The van der Waals surface area contributed by atoms with Crippen molar-refractivity contribution in [2.75, 3.05) is 19.6 Å². The van der Waals surface area contributed by atoms with Gasteiger partial charge in [-0.3, -0.25) is 10.1 Å². The summed E-state index contributed by atoms with van der Waals surface area (Å²) in [5, 5.41) is 3.45. The van der Waals surface area contributed by atoms with E-state index in [1.54, 1.807) is 0 Å². The average Bonchev–Trinajstić information content (AvgIpc) is 2.64. The molecule has 0 aromatic heterocycles. The summed E-state index contributed by atoms with van der Waals surface area (Å²) in [4.78, 5) is 13.6. The van der Waals surface area contributed by atoms with Crippen LogP contribution in [0.25, 0.3) is 0 Å². The van der Waals surface area contributed by atoms with Gasteiger partial charge in [-0.05, 0) is 24.2 Å². The Bertz CT molecular complexity index is 333. The molecule has 4 heteroatoms. The molecule has 0 radical (unpaired) electrons. The average molecular weight is 223 g/mol. The van der Waals surface area contributed by atoms with Crippen molar-refractivity contribution in [3.63, 3.8) is 0 Å². The van der Waals surface area contributed by atoms with Crippen LogP contribution in [0.5, 0.6) is 0 Å². The Kier molecular flexibility index (Phi) is 1.97. The van der Waals surface area contributed by atoms with Crippen LogP contribution in [0, 0.1) is 11.3 Å². The molecule has 3 fully saturated rings. The summed E-state index contributed by atoms with van der Waals surface area (Å²) >= 11 is 0. The Morgan fingerprint density at radius 3 is 2.69 bits per heavy atom. The maximum atomic E-state index is 11.1. The molecule has 2 heterocycles. The number of nitrogens with zero attached hydrogens (tertiary/aromatic N) is 1. The number of amides is 1. The first kappa shape index (κ1) is 10.5. The molecule has 16 heavy (non-hydrogen) atoms. The summed E-state index contributed by atoms with van der Waals surface area (Å²) in [6.45, 7) is 8.08. The number of carbonyl (C=O) groups is 1. The molecule has 1 saturated carbocycles. The van der Waals surface area contributed by atoms with Crippen molar-refractivity contribution < 1.29 is 4.79 Å². The topological polar surface area (TPSA) is 58.4 Å². The van der Waals surface area contributed by atoms with Crippen molar-refractivity contribution in [3.8, 4) is 0 Å². The van der Waals surface area contributed by atoms with E-state index in [0.717, 1.165) is 13.0 Å². The second-order valence-electron chi connectivity index (χ2n) is 6.70. The van der Waals surface area contributed by atoms with Crippen LogP contribution in [0.3, 0.4) is 0 Å². The van der Waals surface area contributed by atoms with Gasteiger partial charge < -0.3 is 10.6 Å². The normalized spacial score (nSPS) is 44.9. The number of nitrogens with one attached hydrogen (secondary N) is 1. The Hall–Kier alpha value is -0.610. The van der Waals surface area contributed by atoms with Crippen LogP contribution in [-0.4, -0.2) is 42.0 Å². The monoisotopic (exact) mass is 223 g/mol. The van der Waals surface area contributed by atoms with Gasteiger partial charge in [0, 0.05) is 25.2 Å². The highest BCUT2D eigenvalue weighted by Crippen LogP contribution is 2.53. The summed E-state index contributed by atoms with van der Waals surface area (Å²) in [6.07, 6.45) is 2.18. The van der Waals surface area contributed by atoms with Gasteiger partial charge in [0.25, 0.3) is 0 Å². The number of likely N-dealkylation sites (tertiary alicyclic amines) is 1. The van der Waals surface area contributed by atoms with Crippen LogP contribution in [0.2, 0.25) is 0 Å². The zero-order valence-corrected chi connectivity index (χ0v) is 10.1. The van der Waals surface area contributed by atoms with E-state index >= 15 is 0 Å². The number of rotatable bonds is 3. The predicted octanol–water partition coefficient (Wildman–Crippen LogP) is -0.0659. The van der Waals surface area contributed by atoms with Crippen LogP contribution in [0.15, 0.2) is 0 Å². The van der Waals surface area contributed by atoms with E-state index < -0.39 is 0 Å². The van der Waals surface area contributed by atoms with E-state index in [-0.39, 0.29) is 17.5 Å². The molecule has 4 nitrogen and oxygen atoms in total. The minimum Gasteiger partial charge on any atom is -0.368 e. The zero-order chi connectivity index (χ0) is 11.6. The van der Waals surface area contributed by atoms with Crippen LogP contribution in [0.1, 0.15) is 26.7 Å². The molecule has 3 N–H and O–H groups in total. The third kappa shape index (κ3) is 1.55. The van der Waals surface area contributed by atoms with Gasteiger partial charge in [0.2, 0.25) is 5.91 Å². The summed E-state index contributed by atoms with van der Waals surface area (Å²) in [7, 11) is 0. The van der Waals surface area contributed by atoms with Gasteiger partial charge in [-0.1, -0.05) is 13.8 Å². The fraction of sp³-hybridized carbons (Fsp3) is 0.917. The first-order valence-electron chi connectivity index (χ1n) is 6.20. The van der Waals surface area contributed by atoms with Crippen molar-refractivity contribution in [1.82, 2.24) is 10.2 Å². The van der Waals surface area contributed by atoms with Crippen molar-refractivity contribution in [2.45, 2.75) is 38.3 Å². The maximum absolute atomic E-state index is 11.1. The molecule has 0 bridgehead atoms. The second-order valence-corrected chi connectivity index (χ2v) is 6.70. The van der Waals surface area contributed by atoms with Gasteiger partial charge in [-0.15, -0.1) is 0 Å². The quantitative estimate of drug-likeness (QED) is 0.704. The van der Waals surface area contributed by atoms with E-state index in [4.69, 9.17) is 5.73 Å². The molecule has 3 rings (SSSR count). The number of primary amides is 1. The van der Waals surface area contributed by atoms with Crippen LogP contribution in [0.4, 0.5) is 0 Å². The van der Waals surface area contributed by atoms with Gasteiger partial charge in [0.15, 0.2) is 0 Å². The number of piperidine rings is 1. The van der Waals surface area contributed by atoms with Crippen molar-refractivity contribution >= 4 is 5.91 Å². The summed E-state index contributed by atoms with van der Waals surface area (Å²) < 4.78 is 0. The lowest BCUT2D eigenvalue weighted by Gasteiger charge is -2.47. The van der Waals surface area contributed by atoms with Gasteiger partial charge in [0.1, 0.15) is 0 Å². The Morgan fingerprint density at radius 1 is 1.50 bits per heavy atom. The highest BCUT2D eigenvalue weighted by molar-refractivity contribution is 5.80. The van der Waals surface area contributed by atoms with E-state index in [1.807, 2.05) is 0 Å². The Balaban J connectivity index is 1.56. The molecular formula is C12H21N3O. The molecule has 3 aliphatic rings.